The Labute approximate surface area is 97.4 Å². The molecule has 2 atom stereocenters. The molecule has 4 nitrogen and oxygen atoms in total. The Balaban J connectivity index is 2.05. The maximum Gasteiger partial charge on any atom is 0.231 e. The van der Waals surface area contributed by atoms with Crippen molar-refractivity contribution in [3.63, 3.8) is 0 Å². The van der Waals surface area contributed by atoms with E-state index in [1.54, 1.807) is 6.20 Å². The first-order valence-corrected chi connectivity index (χ1v) is 5.93. The fourth-order valence-electron chi connectivity index (χ4n) is 1.96. The van der Waals surface area contributed by atoms with Crippen molar-refractivity contribution in [2.75, 3.05) is 6.54 Å². The molecule has 0 spiro atoms. The fraction of sp³-hybridized carbons (Fsp3) is 0.600. The minimum atomic E-state index is 0.209. The van der Waals surface area contributed by atoms with Gasteiger partial charge in [0.1, 0.15) is 12.4 Å². The fourth-order valence-corrected chi connectivity index (χ4v) is 2.27. The highest BCUT2D eigenvalue weighted by atomic mass is 79.9. The van der Waals surface area contributed by atoms with E-state index in [1.165, 1.54) is 12.7 Å². The van der Waals surface area contributed by atoms with Crippen molar-refractivity contribution in [3.05, 3.63) is 17.0 Å². The molecule has 0 aliphatic heterocycles. The van der Waals surface area contributed by atoms with Crippen LogP contribution in [-0.2, 0) is 0 Å². The van der Waals surface area contributed by atoms with Crippen LogP contribution in [0.25, 0.3) is 0 Å². The van der Waals surface area contributed by atoms with Gasteiger partial charge in [-0.1, -0.05) is 0 Å². The molecule has 1 aliphatic rings. The lowest BCUT2D eigenvalue weighted by molar-refractivity contribution is 0.154. The minimum Gasteiger partial charge on any atom is -0.473 e. The molecule has 1 aromatic heterocycles. The Morgan fingerprint density at radius 3 is 3.13 bits per heavy atom. The van der Waals surface area contributed by atoms with Crippen LogP contribution in [-0.4, -0.2) is 22.6 Å². The van der Waals surface area contributed by atoms with E-state index in [9.17, 15) is 0 Å². The summed E-state index contributed by atoms with van der Waals surface area (Å²) in [5, 5.41) is 0. The third-order valence-corrected chi connectivity index (χ3v) is 3.33. The van der Waals surface area contributed by atoms with Crippen molar-refractivity contribution < 1.29 is 4.74 Å². The topological polar surface area (TPSA) is 61.0 Å². The molecule has 5 heteroatoms. The maximum atomic E-state index is 5.83. The van der Waals surface area contributed by atoms with Gasteiger partial charge in [0.05, 0.1) is 4.47 Å². The van der Waals surface area contributed by atoms with E-state index in [4.69, 9.17) is 10.5 Å². The van der Waals surface area contributed by atoms with E-state index >= 15 is 0 Å². The van der Waals surface area contributed by atoms with Crippen LogP contribution in [0, 0.1) is 5.92 Å². The van der Waals surface area contributed by atoms with Crippen LogP contribution in [0.1, 0.15) is 19.3 Å². The van der Waals surface area contributed by atoms with E-state index in [2.05, 4.69) is 25.9 Å². The second-order valence-corrected chi connectivity index (χ2v) is 4.61. The quantitative estimate of drug-likeness (QED) is 0.910. The van der Waals surface area contributed by atoms with Crippen LogP contribution in [0.5, 0.6) is 5.88 Å². The SMILES string of the molecule is NCC1CCCC1Oc1ncncc1Br. The molecule has 2 unspecified atom stereocenters. The predicted octanol–water partition coefficient (Wildman–Crippen LogP) is 1.75. The van der Waals surface area contributed by atoms with E-state index in [0.29, 0.717) is 18.3 Å². The van der Waals surface area contributed by atoms with Gasteiger partial charge in [-0.2, -0.15) is 0 Å². The van der Waals surface area contributed by atoms with Gasteiger partial charge in [0.2, 0.25) is 5.88 Å². The second-order valence-electron chi connectivity index (χ2n) is 3.76. The van der Waals surface area contributed by atoms with Gasteiger partial charge >= 0.3 is 0 Å². The normalized spacial score (nSPS) is 25.5. The summed E-state index contributed by atoms with van der Waals surface area (Å²) in [5.74, 6) is 1.09. The van der Waals surface area contributed by atoms with Crippen molar-refractivity contribution in [1.82, 2.24) is 9.97 Å². The van der Waals surface area contributed by atoms with E-state index in [0.717, 1.165) is 17.3 Å². The number of aromatic nitrogens is 2. The first-order chi connectivity index (χ1) is 7.31. The number of nitrogens with zero attached hydrogens (tertiary/aromatic N) is 2. The number of hydrogen-bond acceptors (Lipinski definition) is 4. The summed E-state index contributed by atoms with van der Waals surface area (Å²) in [7, 11) is 0. The zero-order valence-electron chi connectivity index (χ0n) is 8.40. The first kappa shape index (κ1) is 10.8. The molecule has 1 aromatic rings. The molecule has 0 bridgehead atoms. The summed E-state index contributed by atoms with van der Waals surface area (Å²) >= 11 is 3.36. The van der Waals surface area contributed by atoms with Gasteiger partial charge in [-0.3, -0.25) is 0 Å². The average Bonchev–Trinajstić information content (AvgIpc) is 2.69. The monoisotopic (exact) mass is 271 g/mol. The predicted molar refractivity (Wildman–Crippen MR) is 60.5 cm³/mol. The smallest absolute Gasteiger partial charge is 0.231 e. The Bertz CT molecular complexity index is 334. The van der Waals surface area contributed by atoms with Gasteiger partial charge in [-0.15, -0.1) is 0 Å². The molecular formula is C10H14BrN3O. The maximum absolute atomic E-state index is 5.83. The highest BCUT2D eigenvalue weighted by molar-refractivity contribution is 9.10. The first-order valence-electron chi connectivity index (χ1n) is 5.13. The van der Waals surface area contributed by atoms with Crippen LogP contribution >= 0.6 is 15.9 Å². The average molecular weight is 272 g/mol. The molecule has 82 valence electrons. The minimum absolute atomic E-state index is 0.209. The van der Waals surface area contributed by atoms with Crippen LogP contribution in [0.2, 0.25) is 0 Å². The van der Waals surface area contributed by atoms with Gasteiger partial charge in [0.15, 0.2) is 0 Å². The van der Waals surface area contributed by atoms with Crippen molar-refractivity contribution >= 4 is 15.9 Å². The zero-order chi connectivity index (χ0) is 10.7. The number of ether oxygens (including phenoxy) is 1. The van der Waals surface area contributed by atoms with E-state index < -0.39 is 0 Å². The van der Waals surface area contributed by atoms with Gasteiger partial charge in [-0.05, 0) is 41.7 Å². The van der Waals surface area contributed by atoms with Crippen LogP contribution in [0.15, 0.2) is 17.0 Å². The number of hydrogen-bond donors (Lipinski definition) is 1. The summed E-state index contributed by atoms with van der Waals surface area (Å²) in [6, 6.07) is 0. The number of rotatable bonds is 3. The van der Waals surface area contributed by atoms with Crippen molar-refractivity contribution in [3.8, 4) is 5.88 Å². The van der Waals surface area contributed by atoms with Crippen LogP contribution in [0.4, 0.5) is 0 Å². The van der Waals surface area contributed by atoms with Crippen LogP contribution < -0.4 is 10.5 Å². The lowest BCUT2D eigenvalue weighted by Crippen LogP contribution is -2.28. The molecule has 1 heterocycles. The summed E-state index contributed by atoms with van der Waals surface area (Å²) in [4.78, 5) is 7.99. The van der Waals surface area contributed by atoms with E-state index in [1.807, 2.05) is 0 Å². The highest BCUT2D eigenvalue weighted by Crippen LogP contribution is 2.30. The molecule has 0 saturated heterocycles. The second kappa shape index (κ2) is 4.90. The zero-order valence-corrected chi connectivity index (χ0v) is 9.98. The molecular weight excluding hydrogens is 258 g/mol. The summed E-state index contributed by atoms with van der Waals surface area (Å²) in [6.07, 6.45) is 6.81. The molecule has 2 N–H and O–H groups in total. The number of nitrogens with two attached hydrogens (primary N) is 1. The lowest BCUT2D eigenvalue weighted by Gasteiger charge is -2.19. The lowest BCUT2D eigenvalue weighted by atomic mass is 10.1. The Morgan fingerprint density at radius 1 is 1.53 bits per heavy atom. The standard InChI is InChI=1S/C10H14BrN3O/c11-8-5-13-6-14-10(8)15-9-3-1-2-7(9)4-12/h5-7,9H,1-4,12H2. The highest BCUT2D eigenvalue weighted by Gasteiger charge is 2.28. The third-order valence-electron chi connectivity index (χ3n) is 2.79. The Morgan fingerprint density at radius 2 is 2.40 bits per heavy atom. The Kier molecular flexibility index (Phi) is 3.53. The molecule has 1 saturated carbocycles. The number of halogens is 1. The molecule has 15 heavy (non-hydrogen) atoms. The Hall–Kier alpha value is -0.680. The molecule has 2 rings (SSSR count). The summed E-state index contributed by atoms with van der Waals surface area (Å²) in [6.45, 7) is 0.688. The van der Waals surface area contributed by atoms with Gasteiger partial charge in [0, 0.05) is 12.1 Å². The van der Waals surface area contributed by atoms with Crippen LogP contribution in [0.3, 0.4) is 0 Å². The molecule has 1 fully saturated rings. The van der Waals surface area contributed by atoms with Crippen molar-refractivity contribution in [2.45, 2.75) is 25.4 Å². The van der Waals surface area contributed by atoms with Gasteiger partial charge in [0.25, 0.3) is 0 Å². The van der Waals surface area contributed by atoms with E-state index in [-0.39, 0.29) is 6.10 Å². The van der Waals surface area contributed by atoms with Gasteiger partial charge in [-0.25, -0.2) is 9.97 Å². The van der Waals surface area contributed by atoms with Gasteiger partial charge < -0.3 is 10.5 Å². The summed E-state index contributed by atoms with van der Waals surface area (Å²) < 4.78 is 6.63. The third kappa shape index (κ3) is 2.46. The summed E-state index contributed by atoms with van der Waals surface area (Å²) in [5.41, 5.74) is 5.69. The largest absolute Gasteiger partial charge is 0.473 e. The molecule has 0 amide bonds. The van der Waals surface area contributed by atoms with Crippen molar-refractivity contribution in [2.24, 2.45) is 11.7 Å². The molecule has 1 aliphatic carbocycles. The molecule has 0 radical (unpaired) electrons. The van der Waals surface area contributed by atoms with Crippen molar-refractivity contribution in [1.29, 1.82) is 0 Å². The molecule has 0 aromatic carbocycles.